The molecule has 0 aromatic carbocycles. The number of pyridine rings is 1. The van der Waals surface area contributed by atoms with E-state index in [0.29, 0.717) is 11.2 Å². The summed E-state index contributed by atoms with van der Waals surface area (Å²) in [5.74, 6) is -0.616. The second-order valence-corrected chi connectivity index (χ2v) is 6.98. The molecule has 0 fully saturated rings. The minimum atomic E-state index is -1.48. The molecule has 0 aliphatic carbocycles. The lowest BCUT2D eigenvalue weighted by molar-refractivity contribution is 0.1000. The van der Waals surface area contributed by atoms with Crippen LogP contribution < -0.4 is 11.1 Å². The molecule has 0 aliphatic rings. The van der Waals surface area contributed by atoms with Gasteiger partial charge in [-0.1, -0.05) is 0 Å². The van der Waals surface area contributed by atoms with E-state index in [9.17, 15) is 9.18 Å². The van der Waals surface area contributed by atoms with E-state index in [2.05, 4.69) is 15.4 Å². The molecule has 3 aromatic heterocycles. The van der Waals surface area contributed by atoms with Gasteiger partial charge in [-0.05, 0) is 51.0 Å². The molecule has 3 rings (SSSR count). The van der Waals surface area contributed by atoms with E-state index in [0.717, 1.165) is 16.7 Å². The topological polar surface area (TPSA) is 85.3 Å². The van der Waals surface area contributed by atoms with Crippen LogP contribution in [0.15, 0.2) is 36.9 Å². The van der Waals surface area contributed by atoms with Gasteiger partial charge in [0.05, 0.1) is 29.0 Å². The normalized spacial score (nSPS) is 13.0. The Morgan fingerprint density at radius 3 is 2.73 bits per heavy atom. The third-order valence-electron chi connectivity index (χ3n) is 4.62. The SMILES string of the molecule is Cc1cnccc1-c1cc2c(NC(C)C(C)(C)F)c(C(N)=O)cnn2c1. The lowest BCUT2D eigenvalue weighted by Gasteiger charge is -2.26. The van der Waals surface area contributed by atoms with Crippen LogP contribution in [0.25, 0.3) is 16.6 Å². The van der Waals surface area contributed by atoms with Gasteiger partial charge in [-0.15, -0.1) is 0 Å². The molecule has 1 unspecified atom stereocenters. The molecule has 0 aliphatic heterocycles. The molecule has 136 valence electrons. The van der Waals surface area contributed by atoms with Gasteiger partial charge in [0.1, 0.15) is 5.67 Å². The van der Waals surface area contributed by atoms with Crippen LogP contribution in [0.5, 0.6) is 0 Å². The summed E-state index contributed by atoms with van der Waals surface area (Å²) in [6.45, 7) is 6.66. The zero-order valence-corrected chi connectivity index (χ0v) is 15.2. The van der Waals surface area contributed by atoms with Crippen LogP contribution in [0.3, 0.4) is 0 Å². The number of anilines is 1. The zero-order chi connectivity index (χ0) is 19.1. The molecule has 7 heteroatoms. The summed E-state index contributed by atoms with van der Waals surface area (Å²) in [6.07, 6.45) is 6.77. The summed E-state index contributed by atoms with van der Waals surface area (Å²) in [5.41, 5.74) is 8.34. The number of nitrogens with two attached hydrogens (primary N) is 1. The first kappa shape index (κ1) is 17.8. The number of carbonyl (C=O) groups is 1. The lowest BCUT2D eigenvalue weighted by atomic mass is 10.0. The Bertz CT molecular complexity index is 974. The van der Waals surface area contributed by atoms with Crippen LogP contribution in [0.2, 0.25) is 0 Å². The Morgan fingerprint density at radius 2 is 2.12 bits per heavy atom. The average Bonchev–Trinajstić information content (AvgIpc) is 2.98. The Balaban J connectivity index is 2.18. The standard InChI is InChI=1S/C19H22FN5O/c1-11-8-22-6-5-14(11)13-7-16-17(24-12(2)19(3,4)20)15(18(21)26)9-23-25(16)10-13/h5-10,12,24H,1-4H3,(H2,21,26). The molecule has 6 nitrogen and oxygen atoms in total. The molecule has 3 heterocycles. The molecule has 0 saturated carbocycles. The number of primary amides is 1. The van der Waals surface area contributed by atoms with Gasteiger partial charge in [-0.3, -0.25) is 9.78 Å². The van der Waals surface area contributed by atoms with E-state index in [-0.39, 0.29) is 5.56 Å². The van der Waals surface area contributed by atoms with Crippen LogP contribution in [-0.2, 0) is 0 Å². The maximum absolute atomic E-state index is 14.3. The Morgan fingerprint density at radius 1 is 1.38 bits per heavy atom. The van der Waals surface area contributed by atoms with Crippen molar-refractivity contribution < 1.29 is 9.18 Å². The van der Waals surface area contributed by atoms with Crippen LogP contribution in [0.1, 0.15) is 36.7 Å². The van der Waals surface area contributed by atoms with Gasteiger partial charge < -0.3 is 11.1 Å². The van der Waals surface area contributed by atoms with Gasteiger partial charge in [-0.25, -0.2) is 8.91 Å². The van der Waals surface area contributed by atoms with Crippen molar-refractivity contribution >= 4 is 17.1 Å². The molecule has 1 atom stereocenters. The first-order valence-electron chi connectivity index (χ1n) is 8.36. The highest BCUT2D eigenvalue weighted by molar-refractivity contribution is 6.02. The smallest absolute Gasteiger partial charge is 0.252 e. The van der Waals surface area contributed by atoms with Gasteiger partial charge in [0.25, 0.3) is 5.91 Å². The van der Waals surface area contributed by atoms with Gasteiger partial charge in [-0.2, -0.15) is 5.10 Å². The molecule has 3 N–H and O–H groups in total. The van der Waals surface area contributed by atoms with Crippen LogP contribution in [0.4, 0.5) is 10.1 Å². The third-order valence-corrected chi connectivity index (χ3v) is 4.62. The molecule has 1 amide bonds. The highest BCUT2D eigenvalue weighted by Gasteiger charge is 2.27. The number of hydrogen-bond acceptors (Lipinski definition) is 4. The predicted octanol–water partition coefficient (Wildman–Crippen LogP) is 3.35. The van der Waals surface area contributed by atoms with Crippen molar-refractivity contribution in [2.24, 2.45) is 5.73 Å². The summed E-state index contributed by atoms with van der Waals surface area (Å²) in [4.78, 5) is 16.0. The molecule has 0 radical (unpaired) electrons. The summed E-state index contributed by atoms with van der Waals surface area (Å²) in [5, 5.41) is 7.38. The fourth-order valence-electron chi connectivity index (χ4n) is 2.73. The van der Waals surface area contributed by atoms with Crippen molar-refractivity contribution in [3.05, 3.63) is 48.0 Å². The van der Waals surface area contributed by atoms with Crippen molar-refractivity contribution in [1.82, 2.24) is 14.6 Å². The minimum Gasteiger partial charge on any atom is -0.377 e. The van der Waals surface area contributed by atoms with E-state index in [1.807, 2.05) is 25.3 Å². The Labute approximate surface area is 151 Å². The number of nitrogens with zero attached hydrogens (tertiary/aromatic N) is 3. The second kappa shape index (κ2) is 6.40. The monoisotopic (exact) mass is 355 g/mol. The molecular weight excluding hydrogens is 333 g/mol. The number of carbonyl (C=O) groups excluding carboxylic acids is 1. The Hall–Kier alpha value is -2.96. The molecule has 3 aromatic rings. The van der Waals surface area contributed by atoms with Crippen LogP contribution in [0, 0.1) is 6.92 Å². The van der Waals surface area contributed by atoms with Gasteiger partial charge in [0.2, 0.25) is 0 Å². The molecular formula is C19H22FN5O. The fraction of sp³-hybridized carbons (Fsp3) is 0.316. The molecule has 0 bridgehead atoms. The van der Waals surface area contributed by atoms with Crippen molar-refractivity contribution in [2.45, 2.75) is 39.4 Å². The summed E-state index contributed by atoms with van der Waals surface area (Å²) < 4.78 is 16.0. The minimum absolute atomic E-state index is 0.227. The lowest BCUT2D eigenvalue weighted by Crippen LogP contribution is -2.36. The number of halogens is 1. The van der Waals surface area contributed by atoms with Crippen molar-refractivity contribution in [3.63, 3.8) is 0 Å². The maximum Gasteiger partial charge on any atom is 0.252 e. The van der Waals surface area contributed by atoms with E-state index in [1.165, 1.54) is 20.0 Å². The molecule has 0 saturated heterocycles. The predicted molar refractivity (Wildman–Crippen MR) is 99.9 cm³/mol. The van der Waals surface area contributed by atoms with Gasteiger partial charge >= 0.3 is 0 Å². The first-order valence-corrected chi connectivity index (χ1v) is 8.36. The average molecular weight is 355 g/mol. The van der Waals surface area contributed by atoms with E-state index < -0.39 is 17.6 Å². The number of amides is 1. The highest BCUT2D eigenvalue weighted by atomic mass is 19.1. The number of nitrogens with one attached hydrogen (secondary N) is 1. The molecule has 26 heavy (non-hydrogen) atoms. The van der Waals surface area contributed by atoms with Gasteiger partial charge in [0, 0.05) is 24.2 Å². The Kier molecular flexibility index (Phi) is 4.39. The molecule has 0 spiro atoms. The zero-order valence-electron chi connectivity index (χ0n) is 15.2. The third kappa shape index (κ3) is 3.24. The number of fused-ring (bicyclic) bond motifs is 1. The number of aryl methyl sites for hydroxylation is 1. The van der Waals surface area contributed by atoms with Crippen LogP contribution >= 0.6 is 0 Å². The van der Waals surface area contributed by atoms with Crippen LogP contribution in [-0.4, -0.2) is 32.2 Å². The quantitative estimate of drug-likeness (QED) is 0.735. The number of rotatable bonds is 5. The van der Waals surface area contributed by atoms with Crippen molar-refractivity contribution in [2.75, 3.05) is 5.32 Å². The van der Waals surface area contributed by atoms with E-state index in [4.69, 9.17) is 5.73 Å². The van der Waals surface area contributed by atoms with E-state index >= 15 is 0 Å². The summed E-state index contributed by atoms with van der Waals surface area (Å²) >= 11 is 0. The first-order chi connectivity index (χ1) is 12.2. The number of alkyl halides is 1. The van der Waals surface area contributed by atoms with E-state index in [1.54, 1.807) is 23.8 Å². The van der Waals surface area contributed by atoms with Gasteiger partial charge in [0.15, 0.2) is 0 Å². The fourth-order valence-corrected chi connectivity index (χ4v) is 2.73. The van der Waals surface area contributed by atoms with Crippen molar-refractivity contribution in [3.8, 4) is 11.1 Å². The summed E-state index contributed by atoms with van der Waals surface area (Å²) in [6, 6.07) is 3.29. The largest absolute Gasteiger partial charge is 0.377 e. The second-order valence-electron chi connectivity index (χ2n) is 6.98. The number of aromatic nitrogens is 3. The number of hydrogen-bond donors (Lipinski definition) is 2. The van der Waals surface area contributed by atoms with Crippen molar-refractivity contribution in [1.29, 1.82) is 0 Å². The summed E-state index contributed by atoms with van der Waals surface area (Å²) in [7, 11) is 0. The highest BCUT2D eigenvalue weighted by Crippen LogP contribution is 2.31. The maximum atomic E-state index is 14.3.